The van der Waals surface area contributed by atoms with Crippen LogP contribution in [0.3, 0.4) is 0 Å². The first-order valence-corrected chi connectivity index (χ1v) is 9.14. The van der Waals surface area contributed by atoms with Crippen LogP contribution in [0, 0.1) is 5.92 Å². The van der Waals surface area contributed by atoms with Gasteiger partial charge in [0.2, 0.25) is 10.0 Å². The molecule has 0 bridgehead atoms. The highest BCUT2D eigenvalue weighted by Gasteiger charge is 2.29. The van der Waals surface area contributed by atoms with Crippen molar-refractivity contribution < 1.29 is 8.42 Å². The third kappa shape index (κ3) is 5.98. The van der Waals surface area contributed by atoms with E-state index < -0.39 is 10.0 Å². The molecule has 0 spiro atoms. The van der Waals surface area contributed by atoms with Crippen LogP contribution >= 0.6 is 11.6 Å². The maximum absolute atomic E-state index is 12.0. The molecular weight excluding hydrogens is 284 g/mol. The lowest BCUT2D eigenvalue weighted by Gasteiger charge is -2.40. The highest BCUT2D eigenvalue weighted by atomic mass is 35.5. The summed E-state index contributed by atoms with van der Waals surface area (Å²) in [4.78, 5) is 2.40. The van der Waals surface area contributed by atoms with Crippen LogP contribution < -0.4 is 4.72 Å². The molecule has 0 aromatic rings. The van der Waals surface area contributed by atoms with E-state index in [1.54, 1.807) is 0 Å². The Labute approximate surface area is 122 Å². The maximum atomic E-state index is 12.0. The van der Waals surface area contributed by atoms with Gasteiger partial charge in [0, 0.05) is 30.6 Å². The van der Waals surface area contributed by atoms with Crippen molar-refractivity contribution in [1.82, 2.24) is 9.62 Å². The lowest BCUT2D eigenvalue weighted by atomic mass is 9.99. The van der Waals surface area contributed by atoms with E-state index >= 15 is 0 Å². The van der Waals surface area contributed by atoms with Gasteiger partial charge < -0.3 is 0 Å². The molecule has 6 heteroatoms. The zero-order chi connectivity index (χ0) is 14.7. The standard InChI is InChI=1S/C13H27ClN2O2S/c1-11(9-14)10-19(17,18)15-12-5-7-16(8-6-12)13(2,3)4/h11-12,15H,5-10H2,1-4H3. The molecule has 1 rings (SSSR count). The van der Waals surface area contributed by atoms with E-state index in [1.807, 2.05) is 6.92 Å². The number of likely N-dealkylation sites (tertiary alicyclic amines) is 1. The van der Waals surface area contributed by atoms with Crippen molar-refractivity contribution in [3.63, 3.8) is 0 Å². The Morgan fingerprint density at radius 1 is 1.32 bits per heavy atom. The fourth-order valence-electron chi connectivity index (χ4n) is 2.39. The van der Waals surface area contributed by atoms with Crippen LogP contribution in [0.5, 0.6) is 0 Å². The van der Waals surface area contributed by atoms with Crippen LogP contribution in [-0.4, -0.2) is 49.6 Å². The van der Waals surface area contributed by atoms with Gasteiger partial charge in [-0.25, -0.2) is 13.1 Å². The molecule has 0 aromatic carbocycles. The monoisotopic (exact) mass is 310 g/mol. The number of hydrogen-bond donors (Lipinski definition) is 1. The number of alkyl halides is 1. The molecule has 1 fully saturated rings. The second-order valence-corrected chi connectivity index (χ2v) is 8.70. The van der Waals surface area contributed by atoms with Gasteiger partial charge >= 0.3 is 0 Å². The van der Waals surface area contributed by atoms with E-state index in [0.717, 1.165) is 25.9 Å². The molecule has 1 heterocycles. The van der Waals surface area contributed by atoms with Gasteiger partial charge in [-0.05, 0) is 39.5 Å². The average molecular weight is 311 g/mol. The molecular formula is C13H27ClN2O2S. The van der Waals surface area contributed by atoms with Gasteiger partial charge in [-0.2, -0.15) is 0 Å². The predicted octanol–water partition coefficient (Wildman–Crippen LogP) is 2.04. The van der Waals surface area contributed by atoms with Gasteiger partial charge in [-0.1, -0.05) is 6.92 Å². The molecule has 0 amide bonds. The molecule has 0 aliphatic carbocycles. The van der Waals surface area contributed by atoms with Crippen molar-refractivity contribution in [2.45, 2.75) is 52.1 Å². The first-order chi connectivity index (χ1) is 8.64. The number of hydrogen-bond acceptors (Lipinski definition) is 3. The van der Waals surface area contributed by atoms with Crippen molar-refractivity contribution in [1.29, 1.82) is 0 Å². The van der Waals surface area contributed by atoms with Crippen molar-refractivity contribution in [3.8, 4) is 0 Å². The molecule has 114 valence electrons. The molecule has 0 saturated carbocycles. The SMILES string of the molecule is CC(CCl)CS(=O)(=O)NC1CCN(C(C)(C)C)CC1. The molecule has 4 nitrogen and oxygen atoms in total. The second kappa shape index (κ2) is 6.74. The minimum absolute atomic E-state index is 0.00571. The molecule has 1 atom stereocenters. The Kier molecular flexibility index (Phi) is 6.11. The predicted molar refractivity (Wildman–Crippen MR) is 81.2 cm³/mol. The summed E-state index contributed by atoms with van der Waals surface area (Å²) in [6.45, 7) is 10.3. The van der Waals surface area contributed by atoms with E-state index in [4.69, 9.17) is 11.6 Å². The van der Waals surface area contributed by atoms with Crippen molar-refractivity contribution >= 4 is 21.6 Å². The molecule has 1 N–H and O–H groups in total. The number of sulfonamides is 1. The Hall–Kier alpha value is 0.160. The van der Waals surface area contributed by atoms with Crippen LogP contribution in [0.15, 0.2) is 0 Å². The number of nitrogens with one attached hydrogen (secondary N) is 1. The smallest absolute Gasteiger partial charge is 0.212 e. The van der Waals surface area contributed by atoms with Crippen molar-refractivity contribution in [3.05, 3.63) is 0 Å². The zero-order valence-electron chi connectivity index (χ0n) is 12.4. The minimum Gasteiger partial charge on any atom is -0.298 e. The van der Waals surface area contributed by atoms with E-state index in [1.165, 1.54) is 0 Å². The molecule has 19 heavy (non-hydrogen) atoms. The number of halogens is 1. The van der Waals surface area contributed by atoms with E-state index in [0.29, 0.717) is 5.88 Å². The van der Waals surface area contributed by atoms with Gasteiger partial charge in [0.1, 0.15) is 0 Å². The van der Waals surface area contributed by atoms with Crippen LogP contribution in [0.2, 0.25) is 0 Å². The molecule has 0 radical (unpaired) electrons. The number of nitrogens with zero attached hydrogens (tertiary/aromatic N) is 1. The van der Waals surface area contributed by atoms with Crippen LogP contribution in [0.4, 0.5) is 0 Å². The van der Waals surface area contributed by atoms with Crippen LogP contribution in [-0.2, 0) is 10.0 Å². The first kappa shape index (κ1) is 17.2. The van der Waals surface area contributed by atoms with Crippen molar-refractivity contribution in [2.75, 3.05) is 24.7 Å². The molecule has 1 saturated heterocycles. The minimum atomic E-state index is -3.20. The summed E-state index contributed by atoms with van der Waals surface area (Å²) in [5.74, 6) is 0.494. The largest absolute Gasteiger partial charge is 0.298 e. The van der Waals surface area contributed by atoms with Crippen molar-refractivity contribution in [2.24, 2.45) is 5.92 Å². The Balaban J connectivity index is 2.45. The van der Waals surface area contributed by atoms with Gasteiger partial charge in [0.15, 0.2) is 0 Å². The summed E-state index contributed by atoms with van der Waals surface area (Å²) in [5.41, 5.74) is 0.164. The lowest BCUT2D eigenvalue weighted by Crippen LogP contribution is -2.51. The summed E-state index contributed by atoms with van der Waals surface area (Å²) < 4.78 is 26.7. The third-order valence-corrected chi connectivity index (χ3v) is 5.78. The van der Waals surface area contributed by atoms with Gasteiger partial charge in [0.25, 0.3) is 0 Å². The Bertz CT molecular complexity index is 371. The average Bonchev–Trinajstić information content (AvgIpc) is 2.27. The quantitative estimate of drug-likeness (QED) is 0.791. The van der Waals surface area contributed by atoms with Crippen LogP contribution in [0.1, 0.15) is 40.5 Å². The maximum Gasteiger partial charge on any atom is 0.212 e. The summed E-state index contributed by atoms with van der Waals surface area (Å²) in [6.07, 6.45) is 1.76. The summed E-state index contributed by atoms with van der Waals surface area (Å²) >= 11 is 5.67. The third-order valence-electron chi connectivity index (χ3n) is 3.56. The van der Waals surface area contributed by atoms with E-state index in [9.17, 15) is 8.42 Å². The van der Waals surface area contributed by atoms with Crippen LogP contribution in [0.25, 0.3) is 0 Å². The first-order valence-electron chi connectivity index (χ1n) is 6.95. The molecule has 1 aliphatic rings. The summed E-state index contributed by atoms with van der Waals surface area (Å²) in [7, 11) is -3.20. The van der Waals surface area contributed by atoms with E-state index in [2.05, 4.69) is 30.4 Å². The lowest BCUT2D eigenvalue weighted by molar-refractivity contribution is 0.100. The fraction of sp³-hybridized carbons (Fsp3) is 1.00. The summed E-state index contributed by atoms with van der Waals surface area (Å²) in [6, 6.07) is 0.0751. The van der Waals surface area contributed by atoms with Gasteiger partial charge in [-0.3, -0.25) is 4.90 Å². The Morgan fingerprint density at radius 2 is 1.84 bits per heavy atom. The number of rotatable bonds is 5. The van der Waals surface area contributed by atoms with Gasteiger partial charge in [0.05, 0.1) is 5.75 Å². The van der Waals surface area contributed by atoms with E-state index in [-0.39, 0.29) is 23.3 Å². The zero-order valence-corrected chi connectivity index (χ0v) is 14.0. The number of piperidine rings is 1. The molecule has 0 aromatic heterocycles. The highest BCUT2D eigenvalue weighted by Crippen LogP contribution is 2.20. The fourth-order valence-corrected chi connectivity index (χ4v) is 4.33. The Morgan fingerprint density at radius 3 is 2.26 bits per heavy atom. The summed E-state index contributed by atoms with van der Waals surface area (Å²) in [5, 5.41) is 0. The van der Waals surface area contributed by atoms with Gasteiger partial charge in [-0.15, -0.1) is 11.6 Å². The normalized spacial score (nSPS) is 21.5. The molecule has 1 unspecified atom stereocenters. The highest BCUT2D eigenvalue weighted by molar-refractivity contribution is 7.89. The molecule has 1 aliphatic heterocycles. The topological polar surface area (TPSA) is 49.4 Å². The second-order valence-electron chi connectivity index (χ2n) is 6.59.